The molecular weight excluding hydrogens is 400 g/mol. The Hall–Kier alpha value is -3.00. The summed E-state index contributed by atoms with van der Waals surface area (Å²) in [7, 11) is 0. The van der Waals surface area contributed by atoms with Crippen LogP contribution in [0.15, 0.2) is 41.5 Å². The number of aryl methyl sites for hydroxylation is 3. The number of para-hydroxylation sites is 1. The van der Waals surface area contributed by atoms with Crippen LogP contribution < -0.4 is 16.4 Å². The maximum Gasteiger partial charge on any atom is 0.279 e. The molecule has 0 saturated heterocycles. The molecule has 2 N–H and O–H groups in total. The number of thiophene rings is 1. The van der Waals surface area contributed by atoms with Gasteiger partial charge in [0.1, 0.15) is 0 Å². The summed E-state index contributed by atoms with van der Waals surface area (Å²) in [4.78, 5) is 43.1. The van der Waals surface area contributed by atoms with Crippen LogP contribution in [0.5, 0.6) is 0 Å². The molecule has 156 valence electrons. The van der Waals surface area contributed by atoms with Gasteiger partial charge >= 0.3 is 0 Å². The summed E-state index contributed by atoms with van der Waals surface area (Å²) in [6, 6.07) is 9.13. The number of nitrogens with one attached hydrogen (secondary N) is 2. The van der Waals surface area contributed by atoms with E-state index in [4.69, 9.17) is 0 Å². The normalized spacial score (nSPS) is 13.5. The molecule has 2 aromatic heterocycles. The van der Waals surface area contributed by atoms with Crippen LogP contribution in [-0.2, 0) is 24.2 Å². The molecule has 4 rings (SSSR count). The van der Waals surface area contributed by atoms with E-state index in [0.29, 0.717) is 28.7 Å². The lowest BCUT2D eigenvalue weighted by molar-refractivity contribution is -0.122. The van der Waals surface area contributed by atoms with E-state index in [9.17, 15) is 14.4 Å². The summed E-state index contributed by atoms with van der Waals surface area (Å²) in [5.41, 5.74) is 6.77. The van der Waals surface area contributed by atoms with Crippen molar-refractivity contribution in [2.24, 2.45) is 0 Å². The Bertz CT molecular complexity index is 1110. The van der Waals surface area contributed by atoms with Gasteiger partial charge in [-0.15, -0.1) is 11.3 Å². The van der Waals surface area contributed by atoms with Crippen molar-refractivity contribution in [2.45, 2.75) is 51.5 Å². The van der Waals surface area contributed by atoms with E-state index in [1.807, 2.05) is 12.1 Å². The number of carbonyl (C=O) groups excluding carboxylic acids is 2. The molecule has 0 unspecified atom stereocenters. The van der Waals surface area contributed by atoms with Gasteiger partial charge in [-0.05, 0) is 55.9 Å². The summed E-state index contributed by atoms with van der Waals surface area (Å²) < 4.78 is 1.51. The van der Waals surface area contributed by atoms with Gasteiger partial charge in [-0.1, -0.05) is 18.6 Å². The number of hydrazine groups is 1. The van der Waals surface area contributed by atoms with E-state index in [1.54, 1.807) is 18.2 Å². The van der Waals surface area contributed by atoms with Crippen molar-refractivity contribution in [3.63, 3.8) is 0 Å². The average Bonchev–Trinajstić information content (AvgIpc) is 3.04. The van der Waals surface area contributed by atoms with Crippen LogP contribution in [-0.4, -0.2) is 21.4 Å². The first-order valence-corrected chi connectivity index (χ1v) is 11.1. The highest BCUT2D eigenvalue weighted by atomic mass is 32.1. The second-order valence-corrected chi connectivity index (χ2v) is 8.62. The lowest BCUT2D eigenvalue weighted by Crippen LogP contribution is -2.41. The molecular formula is C22H24N4O3S. The van der Waals surface area contributed by atoms with Gasteiger partial charge in [0.2, 0.25) is 5.91 Å². The minimum Gasteiger partial charge on any atom is -0.299 e. The monoisotopic (exact) mass is 424 g/mol. The zero-order chi connectivity index (χ0) is 20.9. The van der Waals surface area contributed by atoms with Crippen molar-refractivity contribution in [3.05, 3.63) is 62.3 Å². The third-order valence-electron chi connectivity index (χ3n) is 5.32. The number of carbonyl (C=O) groups is 2. The molecule has 30 heavy (non-hydrogen) atoms. The molecule has 8 heteroatoms. The van der Waals surface area contributed by atoms with Gasteiger partial charge in [0.15, 0.2) is 0 Å². The van der Waals surface area contributed by atoms with Gasteiger partial charge in [0, 0.05) is 17.8 Å². The van der Waals surface area contributed by atoms with Gasteiger partial charge in [-0.25, -0.2) is 4.98 Å². The molecule has 0 atom stereocenters. The number of rotatable bonds is 5. The molecule has 2 amide bonds. The van der Waals surface area contributed by atoms with E-state index in [1.165, 1.54) is 45.5 Å². The SMILES string of the molecule is O=C(CCCn1cnc2ccccc2c1=O)NNC(=O)c1cc2c(s1)CCCCC2. The zero-order valence-corrected chi connectivity index (χ0v) is 17.5. The lowest BCUT2D eigenvalue weighted by atomic mass is 10.1. The summed E-state index contributed by atoms with van der Waals surface area (Å²) >= 11 is 1.52. The number of benzene rings is 1. The van der Waals surface area contributed by atoms with Gasteiger partial charge in [0.05, 0.1) is 22.1 Å². The molecule has 0 radical (unpaired) electrons. The van der Waals surface area contributed by atoms with E-state index in [2.05, 4.69) is 15.8 Å². The van der Waals surface area contributed by atoms with Crippen molar-refractivity contribution >= 4 is 34.1 Å². The minimum absolute atomic E-state index is 0.119. The van der Waals surface area contributed by atoms with Crippen molar-refractivity contribution in [3.8, 4) is 0 Å². The lowest BCUT2D eigenvalue weighted by Gasteiger charge is -2.08. The van der Waals surface area contributed by atoms with Crippen molar-refractivity contribution in [1.29, 1.82) is 0 Å². The van der Waals surface area contributed by atoms with Crippen LogP contribution in [0.3, 0.4) is 0 Å². The summed E-state index contributed by atoms with van der Waals surface area (Å²) in [6.07, 6.45) is 7.79. The molecule has 7 nitrogen and oxygen atoms in total. The summed E-state index contributed by atoms with van der Waals surface area (Å²) in [5.74, 6) is -0.570. The van der Waals surface area contributed by atoms with Crippen LogP contribution in [0.25, 0.3) is 10.9 Å². The fraction of sp³-hybridized carbons (Fsp3) is 0.364. The highest BCUT2D eigenvalue weighted by Gasteiger charge is 2.16. The average molecular weight is 425 g/mol. The van der Waals surface area contributed by atoms with E-state index >= 15 is 0 Å². The molecule has 1 aliphatic rings. The van der Waals surface area contributed by atoms with Gasteiger partial charge < -0.3 is 0 Å². The Balaban J connectivity index is 1.26. The molecule has 3 aromatic rings. The van der Waals surface area contributed by atoms with E-state index in [-0.39, 0.29) is 23.8 Å². The van der Waals surface area contributed by atoms with Crippen molar-refractivity contribution in [1.82, 2.24) is 20.4 Å². The number of amides is 2. The number of hydrogen-bond donors (Lipinski definition) is 2. The van der Waals surface area contributed by atoms with E-state index in [0.717, 1.165) is 19.3 Å². The van der Waals surface area contributed by atoms with E-state index < -0.39 is 0 Å². The van der Waals surface area contributed by atoms with Crippen molar-refractivity contribution in [2.75, 3.05) is 0 Å². The molecule has 0 saturated carbocycles. The molecule has 0 fully saturated rings. The number of nitrogens with zero attached hydrogens (tertiary/aromatic N) is 2. The van der Waals surface area contributed by atoms with Crippen LogP contribution in [0, 0.1) is 0 Å². The molecule has 1 aliphatic carbocycles. The second-order valence-electron chi connectivity index (χ2n) is 7.49. The topological polar surface area (TPSA) is 93.1 Å². The fourth-order valence-corrected chi connectivity index (χ4v) is 4.85. The largest absolute Gasteiger partial charge is 0.299 e. The smallest absolute Gasteiger partial charge is 0.279 e. The number of fused-ring (bicyclic) bond motifs is 2. The maximum atomic E-state index is 12.4. The molecule has 2 heterocycles. The third-order valence-corrected chi connectivity index (χ3v) is 6.56. The highest BCUT2D eigenvalue weighted by Crippen LogP contribution is 2.28. The first kappa shape index (κ1) is 20.3. The molecule has 0 aliphatic heterocycles. The fourth-order valence-electron chi connectivity index (χ4n) is 3.71. The zero-order valence-electron chi connectivity index (χ0n) is 16.6. The van der Waals surface area contributed by atoms with Crippen LogP contribution in [0.2, 0.25) is 0 Å². The quantitative estimate of drug-likeness (QED) is 0.486. The van der Waals surface area contributed by atoms with Crippen LogP contribution >= 0.6 is 11.3 Å². The predicted molar refractivity (Wildman–Crippen MR) is 116 cm³/mol. The number of hydrogen-bond acceptors (Lipinski definition) is 5. The summed E-state index contributed by atoms with van der Waals surface area (Å²) in [5, 5.41) is 0.561. The van der Waals surface area contributed by atoms with Gasteiger partial charge in [0.25, 0.3) is 11.5 Å². The standard InChI is InChI=1S/C22H24N4O3S/c27-20(11-6-12-26-14-23-17-9-5-4-8-16(17)22(26)29)24-25-21(28)19-13-15-7-2-1-3-10-18(15)30-19/h4-5,8-9,13-14H,1-3,6-7,10-12H2,(H,24,27)(H,25,28). The van der Waals surface area contributed by atoms with Crippen LogP contribution in [0.1, 0.15) is 52.2 Å². The highest BCUT2D eigenvalue weighted by molar-refractivity contribution is 7.14. The van der Waals surface area contributed by atoms with Crippen molar-refractivity contribution < 1.29 is 9.59 Å². The molecule has 1 aromatic carbocycles. The molecule has 0 spiro atoms. The Morgan fingerprint density at radius 2 is 1.93 bits per heavy atom. The Morgan fingerprint density at radius 1 is 1.10 bits per heavy atom. The van der Waals surface area contributed by atoms with Gasteiger partial charge in [-0.3, -0.25) is 29.8 Å². The first-order valence-electron chi connectivity index (χ1n) is 10.3. The first-order chi connectivity index (χ1) is 14.6. The Kier molecular flexibility index (Phi) is 6.23. The third kappa shape index (κ3) is 4.59. The molecule has 0 bridgehead atoms. The maximum absolute atomic E-state index is 12.4. The predicted octanol–water partition coefficient (Wildman–Crippen LogP) is 2.97. The minimum atomic E-state index is -0.289. The van der Waals surface area contributed by atoms with Gasteiger partial charge in [-0.2, -0.15) is 0 Å². The Labute approximate surface area is 178 Å². The second kappa shape index (κ2) is 9.21. The van der Waals surface area contributed by atoms with Crippen LogP contribution in [0.4, 0.5) is 0 Å². The summed E-state index contributed by atoms with van der Waals surface area (Å²) in [6.45, 7) is 0.385. The number of aromatic nitrogens is 2. The Morgan fingerprint density at radius 3 is 2.83 bits per heavy atom.